The Hall–Kier alpha value is -1.44. The first-order chi connectivity index (χ1) is 9.92. The molecular weight excluding hydrogens is 300 g/mol. The fraction of sp³-hybridized carbons (Fsp3) is 0.429. The van der Waals surface area contributed by atoms with Crippen LogP contribution in [0.5, 0.6) is 0 Å². The summed E-state index contributed by atoms with van der Waals surface area (Å²) in [5.41, 5.74) is 7.33. The van der Waals surface area contributed by atoms with Gasteiger partial charge in [0, 0.05) is 26.3 Å². The number of hydrogen-bond donors (Lipinski definition) is 1. The molecule has 0 fully saturated rings. The van der Waals surface area contributed by atoms with Crippen LogP contribution < -0.4 is 5.73 Å². The lowest BCUT2D eigenvalue weighted by molar-refractivity contribution is 0.0871. The van der Waals surface area contributed by atoms with Crippen LogP contribution in [0, 0.1) is 0 Å². The predicted molar refractivity (Wildman–Crippen MR) is 91.8 cm³/mol. The Morgan fingerprint density at radius 3 is 2.76 bits per heavy atom. The molecule has 2 aromatic rings. The maximum absolute atomic E-state index is 5.68. The summed E-state index contributed by atoms with van der Waals surface area (Å²) in [4.78, 5) is 8.49. The number of hydrogen-bond acceptors (Lipinski definition) is 5. The highest BCUT2D eigenvalue weighted by molar-refractivity contribution is 7.13. The third kappa shape index (κ3) is 5.82. The van der Waals surface area contributed by atoms with Gasteiger partial charge in [0.25, 0.3) is 0 Å². The molecule has 0 aliphatic rings. The topological polar surface area (TPSA) is 66.0 Å². The molecule has 2 N–H and O–H groups in total. The predicted octanol–water partition coefficient (Wildman–Crippen LogP) is 3.40. The number of nitrogens with zero attached hydrogens (tertiary/aromatic N) is 3. The Balaban J connectivity index is 1.80. The van der Waals surface area contributed by atoms with Crippen molar-refractivity contribution in [3.05, 3.63) is 29.3 Å². The van der Waals surface area contributed by atoms with Gasteiger partial charge in [0.1, 0.15) is 6.73 Å². The summed E-state index contributed by atoms with van der Waals surface area (Å²) in [6, 6.07) is 1.18. The lowest BCUT2D eigenvalue weighted by Gasteiger charge is -2.15. The monoisotopic (exact) mass is 322 g/mol. The number of ether oxygens (including phenoxy) is 1. The SMILES string of the molecule is C[Si](C)(C)CCOCn1cnc(/C=C/c2csc(N)n2)c1. The van der Waals surface area contributed by atoms with E-state index in [0.29, 0.717) is 11.9 Å². The van der Waals surface area contributed by atoms with Crippen molar-refractivity contribution in [2.24, 2.45) is 0 Å². The summed E-state index contributed by atoms with van der Waals surface area (Å²) in [5, 5.41) is 2.50. The van der Waals surface area contributed by atoms with E-state index < -0.39 is 8.07 Å². The molecule has 0 aliphatic carbocycles. The molecule has 0 aliphatic heterocycles. The molecule has 2 aromatic heterocycles. The molecule has 0 saturated heterocycles. The number of rotatable bonds is 7. The van der Waals surface area contributed by atoms with Crippen LogP contribution in [0.4, 0.5) is 5.13 Å². The molecule has 21 heavy (non-hydrogen) atoms. The van der Waals surface area contributed by atoms with Gasteiger partial charge in [0.15, 0.2) is 5.13 Å². The van der Waals surface area contributed by atoms with Gasteiger partial charge in [-0.2, -0.15) is 0 Å². The highest BCUT2D eigenvalue weighted by Crippen LogP contribution is 2.13. The molecule has 2 rings (SSSR count). The second kappa shape index (κ2) is 7.01. The fourth-order valence-electron chi connectivity index (χ4n) is 1.63. The van der Waals surface area contributed by atoms with E-state index >= 15 is 0 Å². The Bertz CT molecular complexity index is 600. The molecule has 5 nitrogen and oxygen atoms in total. The molecule has 0 spiro atoms. The Morgan fingerprint density at radius 2 is 2.10 bits per heavy atom. The van der Waals surface area contributed by atoms with Gasteiger partial charge in [-0.05, 0) is 18.2 Å². The Morgan fingerprint density at radius 1 is 1.33 bits per heavy atom. The highest BCUT2D eigenvalue weighted by atomic mass is 32.1. The summed E-state index contributed by atoms with van der Waals surface area (Å²) in [6.45, 7) is 8.41. The van der Waals surface area contributed by atoms with E-state index in [1.54, 1.807) is 6.33 Å². The Kier molecular flexibility index (Phi) is 5.32. The molecule has 0 radical (unpaired) electrons. The van der Waals surface area contributed by atoms with E-state index in [4.69, 9.17) is 10.5 Å². The molecule has 7 heteroatoms. The van der Waals surface area contributed by atoms with Crippen LogP contribution in [0.3, 0.4) is 0 Å². The molecule has 0 saturated carbocycles. The standard InChI is InChI=1S/C14H22N4OSSi/c1-21(2,3)7-6-19-11-18-8-12(16-10-18)4-5-13-9-20-14(15)17-13/h4-5,8-10H,6-7,11H2,1-3H3,(H2,15,17)/b5-4+. The lowest BCUT2D eigenvalue weighted by Crippen LogP contribution is -2.21. The minimum Gasteiger partial charge on any atom is -0.375 e. The van der Waals surface area contributed by atoms with Gasteiger partial charge in [0.05, 0.1) is 17.7 Å². The van der Waals surface area contributed by atoms with E-state index in [2.05, 4.69) is 29.6 Å². The van der Waals surface area contributed by atoms with Crippen molar-refractivity contribution in [2.75, 3.05) is 12.3 Å². The van der Waals surface area contributed by atoms with Crippen molar-refractivity contribution in [3.8, 4) is 0 Å². The number of aromatic nitrogens is 3. The average Bonchev–Trinajstić information content (AvgIpc) is 3.00. The van der Waals surface area contributed by atoms with Crippen LogP contribution in [0.25, 0.3) is 12.2 Å². The van der Waals surface area contributed by atoms with Gasteiger partial charge in [-0.3, -0.25) is 0 Å². The van der Waals surface area contributed by atoms with Gasteiger partial charge in [-0.15, -0.1) is 11.3 Å². The molecule has 0 bridgehead atoms. The van der Waals surface area contributed by atoms with Gasteiger partial charge < -0.3 is 15.0 Å². The number of thiazole rings is 1. The minimum absolute atomic E-state index is 0.551. The number of nitrogen functional groups attached to an aromatic ring is 1. The zero-order valence-electron chi connectivity index (χ0n) is 12.7. The summed E-state index contributed by atoms with van der Waals surface area (Å²) in [7, 11) is -1.02. The molecule has 0 amide bonds. The second-order valence-corrected chi connectivity index (χ2v) is 12.6. The summed E-state index contributed by atoms with van der Waals surface area (Å²) >= 11 is 1.43. The lowest BCUT2D eigenvalue weighted by atomic mass is 10.3. The van der Waals surface area contributed by atoms with Crippen LogP contribution in [0.2, 0.25) is 25.7 Å². The van der Waals surface area contributed by atoms with Gasteiger partial charge in [-0.25, -0.2) is 9.97 Å². The van der Waals surface area contributed by atoms with E-state index in [0.717, 1.165) is 18.0 Å². The third-order valence-electron chi connectivity index (χ3n) is 2.85. The minimum atomic E-state index is -1.02. The van der Waals surface area contributed by atoms with E-state index in [9.17, 15) is 0 Å². The number of anilines is 1. The first kappa shape index (κ1) is 15.9. The zero-order chi connectivity index (χ0) is 15.3. The third-order valence-corrected chi connectivity index (χ3v) is 5.25. The number of nitrogens with two attached hydrogens (primary N) is 1. The summed E-state index contributed by atoms with van der Waals surface area (Å²) in [6.07, 6.45) is 7.57. The largest absolute Gasteiger partial charge is 0.375 e. The maximum Gasteiger partial charge on any atom is 0.180 e. The summed E-state index contributed by atoms with van der Waals surface area (Å²) in [5.74, 6) is 0. The Labute approximate surface area is 130 Å². The van der Waals surface area contributed by atoms with Crippen molar-refractivity contribution in [1.29, 1.82) is 0 Å². The zero-order valence-corrected chi connectivity index (χ0v) is 14.6. The van der Waals surface area contributed by atoms with Crippen molar-refractivity contribution in [3.63, 3.8) is 0 Å². The van der Waals surface area contributed by atoms with Gasteiger partial charge >= 0.3 is 0 Å². The van der Waals surface area contributed by atoms with Crippen molar-refractivity contribution >= 4 is 36.7 Å². The molecule has 0 unspecified atom stereocenters. The molecule has 2 heterocycles. The van der Waals surface area contributed by atoms with Crippen LogP contribution in [0.15, 0.2) is 17.9 Å². The molecule has 0 atom stereocenters. The van der Waals surface area contributed by atoms with E-state index in [1.807, 2.05) is 28.3 Å². The molecule has 114 valence electrons. The van der Waals surface area contributed by atoms with Crippen molar-refractivity contribution < 1.29 is 4.74 Å². The van der Waals surface area contributed by atoms with Crippen LogP contribution in [-0.2, 0) is 11.5 Å². The summed E-state index contributed by atoms with van der Waals surface area (Å²) < 4.78 is 7.63. The average molecular weight is 323 g/mol. The quantitative estimate of drug-likeness (QED) is 0.626. The van der Waals surface area contributed by atoms with Crippen molar-refractivity contribution in [2.45, 2.75) is 32.4 Å². The normalized spacial score (nSPS) is 12.3. The maximum atomic E-state index is 5.68. The molecular formula is C14H22N4OSSi. The van der Waals surface area contributed by atoms with Gasteiger partial charge in [-0.1, -0.05) is 19.6 Å². The van der Waals surface area contributed by atoms with E-state index in [1.165, 1.54) is 17.4 Å². The second-order valence-electron chi connectivity index (χ2n) is 6.10. The molecule has 0 aromatic carbocycles. The van der Waals surface area contributed by atoms with Gasteiger partial charge in [0.2, 0.25) is 0 Å². The van der Waals surface area contributed by atoms with Crippen LogP contribution in [-0.4, -0.2) is 29.2 Å². The smallest absolute Gasteiger partial charge is 0.180 e. The highest BCUT2D eigenvalue weighted by Gasteiger charge is 2.11. The van der Waals surface area contributed by atoms with E-state index in [-0.39, 0.29) is 0 Å². The first-order valence-electron chi connectivity index (χ1n) is 6.91. The van der Waals surface area contributed by atoms with Crippen LogP contribution >= 0.6 is 11.3 Å². The van der Waals surface area contributed by atoms with Crippen LogP contribution in [0.1, 0.15) is 11.4 Å². The first-order valence-corrected chi connectivity index (χ1v) is 11.5. The fourth-order valence-corrected chi connectivity index (χ4v) is 2.92. The van der Waals surface area contributed by atoms with Crippen molar-refractivity contribution in [1.82, 2.24) is 14.5 Å². The number of imidazole rings is 1.